The van der Waals surface area contributed by atoms with Gasteiger partial charge in [0.25, 0.3) is 5.91 Å². The van der Waals surface area contributed by atoms with Crippen LogP contribution in [0.15, 0.2) is 27.6 Å². The molecule has 1 aromatic carbocycles. The normalized spacial score (nSPS) is 13.4. The lowest BCUT2D eigenvalue weighted by Gasteiger charge is -2.20. The quantitative estimate of drug-likeness (QED) is 0.757. The van der Waals surface area contributed by atoms with Crippen molar-refractivity contribution in [3.05, 3.63) is 28.2 Å². The van der Waals surface area contributed by atoms with Gasteiger partial charge in [0.15, 0.2) is 0 Å². The molecule has 0 heterocycles. The average molecular weight is 405 g/mol. The van der Waals surface area contributed by atoms with Gasteiger partial charge < -0.3 is 5.32 Å². The number of halogens is 1. The van der Waals surface area contributed by atoms with Gasteiger partial charge in [-0.3, -0.25) is 4.79 Å². The largest absolute Gasteiger partial charge is 0.349 e. The predicted octanol–water partition coefficient (Wildman–Crippen LogP) is 3.25. The molecule has 130 valence electrons. The molecular weight excluding hydrogens is 380 g/mol. The van der Waals surface area contributed by atoms with Crippen LogP contribution in [-0.2, 0) is 10.0 Å². The Hall–Kier alpha value is -0.920. The van der Waals surface area contributed by atoms with Crippen molar-refractivity contribution < 1.29 is 13.2 Å². The number of nitrogens with zero attached hydrogens (tertiary/aromatic N) is 1. The lowest BCUT2D eigenvalue weighted by molar-refractivity contribution is 0.0929. The molecule has 0 saturated carbocycles. The summed E-state index contributed by atoms with van der Waals surface area (Å²) in [5, 5.41) is 2.89. The zero-order valence-corrected chi connectivity index (χ0v) is 16.7. The van der Waals surface area contributed by atoms with Gasteiger partial charge in [-0.25, -0.2) is 8.42 Å². The number of benzene rings is 1. The smallest absolute Gasteiger partial charge is 0.252 e. The predicted molar refractivity (Wildman–Crippen MR) is 96.0 cm³/mol. The average Bonchev–Trinajstić information content (AvgIpc) is 2.48. The first-order chi connectivity index (χ1) is 10.6. The number of hydrogen-bond donors (Lipinski definition) is 1. The summed E-state index contributed by atoms with van der Waals surface area (Å²) in [6.07, 6.45) is 0. The van der Waals surface area contributed by atoms with Crippen molar-refractivity contribution in [3.63, 3.8) is 0 Å². The van der Waals surface area contributed by atoms with E-state index in [-0.39, 0.29) is 16.8 Å². The maximum absolute atomic E-state index is 12.6. The van der Waals surface area contributed by atoms with Gasteiger partial charge in [-0.1, -0.05) is 27.7 Å². The highest BCUT2D eigenvalue weighted by molar-refractivity contribution is 9.10. The molecule has 0 radical (unpaired) electrons. The van der Waals surface area contributed by atoms with Gasteiger partial charge in [-0.2, -0.15) is 4.31 Å². The van der Waals surface area contributed by atoms with E-state index in [1.54, 1.807) is 19.9 Å². The van der Waals surface area contributed by atoms with Crippen molar-refractivity contribution in [1.29, 1.82) is 0 Å². The van der Waals surface area contributed by atoms with Crippen LogP contribution >= 0.6 is 15.9 Å². The van der Waals surface area contributed by atoms with E-state index in [9.17, 15) is 13.2 Å². The summed E-state index contributed by atoms with van der Waals surface area (Å²) in [7, 11) is -3.59. The second-order valence-corrected chi connectivity index (χ2v) is 8.53. The summed E-state index contributed by atoms with van der Waals surface area (Å²) in [6, 6.07) is 4.55. The molecule has 0 aliphatic rings. The lowest BCUT2D eigenvalue weighted by atomic mass is 10.1. The Kier molecular flexibility index (Phi) is 7.23. The summed E-state index contributed by atoms with van der Waals surface area (Å²) in [6.45, 7) is 10.3. The lowest BCUT2D eigenvalue weighted by Crippen LogP contribution is -2.36. The van der Waals surface area contributed by atoms with Crippen molar-refractivity contribution in [3.8, 4) is 0 Å². The Labute approximate surface area is 147 Å². The van der Waals surface area contributed by atoms with Gasteiger partial charge in [-0.05, 0) is 47.0 Å². The summed E-state index contributed by atoms with van der Waals surface area (Å²) < 4.78 is 27.1. The first kappa shape index (κ1) is 20.1. The van der Waals surface area contributed by atoms with Crippen LogP contribution in [0.25, 0.3) is 0 Å². The number of rotatable bonds is 7. The monoisotopic (exact) mass is 404 g/mol. The third-order valence-corrected chi connectivity index (χ3v) is 6.62. The fourth-order valence-corrected chi connectivity index (χ4v) is 3.91. The van der Waals surface area contributed by atoms with E-state index in [1.165, 1.54) is 16.4 Å². The summed E-state index contributed by atoms with van der Waals surface area (Å²) in [5.74, 6) is 0.00925. The van der Waals surface area contributed by atoms with E-state index in [0.717, 1.165) is 0 Å². The molecule has 7 heteroatoms. The minimum absolute atomic E-state index is 0.00237. The van der Waals surface area contributed by atoms with Gasteiger partial charge in [0.2, 0.25) is 10.0 Å². The summed E-state index contributed by atoms with van der Waals surface area (Å²) in [5.41, 5.74) is 0.325. The van der Waals surface area contributed by atoms with E-state index in [1.807, 2.05) is 20.8 Å². The van der Waals surface area contributed by atoms with Crippen LogP contribution in [0.5, 0.6) is 0 Å². The van der Waals surface area contributed by atoms with Crippen LogP contribution in [0.4, 0.5) is 0 Å². The highest BCUT2D eigenvalue weighted by atomic mass is 79.9. The maximum atomic E-state index is 12.6. The Morgan fingerprint density at radius 1 is 1.22 bits per heavy atom. The van der Waals surface area contributed by atoms with Gasteiger partial charge in [0.05, 0.1) is 10.5 Å². The van der Waals surface area contributed by atoms with Crippen LogP contribution in [-0.4, -0.2) is 37.8 Å². The third kappa shape index (κ3) is 4.78. The van der Waals surface area contributed by atoms with Crippen LogP contribution < -0.4 is 5.32 Å². The molecule has 1 N–H and O–H groups in total. The first-order valence-electron chi connectivity index (χ1n) is 7.75. The number of carbonyl (C=O) groups excluding carboxylic acids is 1. The molecule has 0 aliphatic heterocycles. The standard InChI is InChI=1S/C16H25BrN2O3S/c1-6-19(7-2)23(21,22)13-8-9-15(17)14(10-13)16(20)18-12(5)11(3)4/h8-12H,6-7H2,1-5H3,(H,18,20). The molecule has 1 atom stereocenters. The first-order valence-corrected chi connectivity index (χ1v) is 9.98. The van der Waals surface area contributed by atoms with E-state index in [4.69, 9.17) is 0 Å². The number of nitrogens with one attached hydrogen (secondary N) is 1. The van der Waals surface area contributed by atoms with Crippen molar-refractivity contribution in [1.82, 2.24) is 9.62 Å². The molecule has 0 fully saturated rings. The van der Waals surface area contributed by atoms with Gasteiger partial charge in [0, 0.05) is 23.6 Å². The van der Waals surface area contributed by atoms with Crippen LogP contribution in [0, 0.1) is 5.92 Å². The Balaban J connectivity index is 3.21. The molecule has 23 heavy (non-hydrogen) atoms. The van der Waals surface area contributed by atoms with Crippen molar-refractivity contribution in [2.75, 3.05) is 13.1 Å². The van der Waals surface area contributed by atoms with Crippen LogP contribution in [0.3, 0.4) is 0 Å². The zero-order chi connectivity index (χ0) is 17.8. The van der Waals surface area contributed by atoms with E-state index < -0.39 is 10.0 Å². The molecule has 0 aliphatic carbocycles. The number of amides is 1. The minimum atomic E-state index is -3.59. The highest BCUT2D eigenvalue weighted by Crippen LogP contribution is 2.23. The maximum Gasteiger partial charge on any atom is 0.252 e. The third-order valence-electron chi connectivity index (χ3n) is 3.88. The van der Waals surface area contributed by atoms with Crippen molar-refractivity contribution in [2.24, 2.45) is 5.92 Å². The number of hydrogen-bond acceptors (Lipinski definition) is 3. The molecule has 1 amide bonds. The van der Waals surface area contributed by atoms with Crippen molar-refractivity contribution in [2.45, 2.75) is 45.6 Å². The zero-order valence-electron chi connectivity index (χ0n) is 14.3. The molecule has 1 rings (SSSR count). The summed E-state index contributed by atoms with van der Waals surface area (Å²) >= 11 is 3.33. The highest BCUT2D eigenvalue weighted by Gasteiger charge is 2.24. The minimum Gasteiger partial charge on any atom is -0.349 e. The topological polar surface area (TPSA) is 66.5 Å². The molecular formula is C16H25BrN2O3S. The molecule has 0 aromatic heterocycles. The SMILES string of the molecule is CCN(CC)S(=O)(=O)c1ccc(Br)c(C(=O)NC(C)C(C)C)c1. The fourth-order valence-electron chi connectivity index (χ4n) is 2.00. The van der Waals surface area contributed by atoms with Gasteiger partial charge in [0.1, 0.15) is 0 Å². The Morgan fingerprint density at radius 2 is 1.78 bits per heavy atom. The molecule has 0 spiro atoms. The Bertz CT molecular complexity index is 655. The second kappa shape index (κ2) is 8.26. The van der Waals surface area contributed by atoms with Crippen LogP contribution in [0.2, 0.25) is 0 Å². The summed E-state index contributed by atoms with van der Waals surface area (Å²) in [4.78, 5) is 12.6. The molecule has 0 bridgehead atoms. The molecule has 1 aromatic rings. The van der Waals surface area contributed by atoms with E-state index in [0.29, 0.717) is 29.0 Å². The number of carbonyl (C=O) groups is 1. The fraction of sp³-hybridized carbons (Fsp3) is 0.562. The van der Waals surface area contributed by atoms with E-state index in [2.05, 4.69) is 21.2 Å². The van der Waals surface area contributed by atoms with Gasteiger partial charge >= 0.3 is 0 Å². The van der Waals surface area contributed by atoms with Crippen molar-refractivity contribution >= 4 is 31.9 Å². The Morgan fingerprint density at radius 3 is 2.26 bits per heavy atom. The molecule has 5 nitrogen and oxygen atoms in total. The van der Waals surface area contributed by atoms with Crippen LogP contribution in [0.1, 0.15) is 45.0 Å². The van der Waals surface area contributed by atoms with E-state index >= 15 is 0 Å². The molecule has 0 saturated heterocycles. The second-order valence-electron chi connectivity index (χ2n) is 5.74. The number of sulfonamides is 1. The van der Waals surface area contributed by atoms with Gasteiger partial charge in [-0.15, -0.1) is 0 Å². The molecule has 1 unspecified atom stereocenters.